The van der Waals surface area contributed by atoms with Gasteiger partial charge >= 0.3 is 5.97 Å². The second-order valence-electron chi connectivity index (χ2n) is 4.47. The van der Waals surface area contributed by atoms with Crippen LogP contribution in [0.3, 0.4) is 0 Å². The van der Waals surface area contributed by atoms with Gasteiger partial charge in [0.2, 0.25) is 0 Å². The number of para-hydroxylation sites is 1. The molecule has 0 radical (unpaired) electrons. The van der Waals surface area contributed by atoms with Crippen molar-refractivity contribution in [3.05, 3.63) is 36.0 Å². The number of aromatic nitrogens is 2. The molecule has 0 saturated heterocycles. The summed E-state index contributed by atoms with van der Waals surface area (Å²) < 4.78 is 1.78. The van der Waals surface area contributed by atoms with Gasteiger partial charge in [-0.05, 0) is 26.0 Å². The molecule has 0 bridgehead atoms. The van der Waals surface area contributed by atoms with E-state index in [2.05, 4.69) is 10.4 Å². The van der Waals surface area contributed by atoms with Crippen LogP contribution < -0.4 is 11.1 Å². The summed E-state index contributed by atoms with van der Waals surface area (Å²) in [5, 5.41) is 16.4. The van der Waals surface area contributed by atoms with Crippen molar-refractivity contribution >= 4 is 23.2 Å². The lowest BCUT2D eigenvalue weighted by Crippen LogP contribution is -2.07. The highest BCUT2D eigenvalue weighted by Gasteiger charge is 2.13. The van der Waals surface area contributed by atoms with Crippen molar-refractivity contribution in [1.82, 2.24) is 9.78 Å². The van der Waals surface area contributed by atoms with Crippen LogP contribution in [0.25, 0.3) is 0 Å². The summed E-state index contributed by atoms with van der Waals surface area (Å²) in [6, 6.07) is 6.77. The molecule has 0 atom stereocenters. The second kappa shape index (κ2) is 5.01. The molecule has 4 N–H and O–H groups in total. The normalized spacial score (nSPS) is 10.7. The van der Waals surface area contributed by atoms with Crippen LogP contribution in [0.1, 0.15) is 30.2 Å². The van der Waals surface area contributed by atoms with Crippen LogP contribution in [-0.4, -0.2) is 20.9 Å². The first-order chi connectivity index (χ1) is 8.99. The van der Waals surface area contributed by atoms with Gasteiger partial charge in [-0.1, -0.05) is 6.07 Å². The van der Waals surface area contributed by atoms with Gasteiger partial charge in [0.1, 0.15) is 0 Å². The largest absolute Gasteiger partial charge is 0.478 e. The molecule has 0 amide bonds. The van der Waals surface area contributed by atoms with Gasteiger partial charge in [-0.3, -0.25) is 4.68 Å². The molecule has 0 aliphatic rings. The third-order valence-corrected chi connectivity index (χ3v) is 2.72. The van der Waals surface area contributed by atoms with Crippen molar-refractivity contribution in [3.8, 4) is 0 Å². The Morgan fingerprint density at radius 2 is 2.16 bits per heavy atom. The number of nitrogens with one attached hydrogen (secondary N) is 1. The number of nitrogens with zero attached hydrogens (tertiary/aromatic N) is 2. The summed E-state index contributed by atoms with van der Waals surface area (Å²) in [5.74, 6) is -0.466. The van der Waals surface area contributed by atoms with Crippen LogP contribution in [0.15, 0.2) is 30.5 Å². The Labute approximate surface area is 110 Å². The van der Waals surface area contributed by atoms with E-state index in [0.717, 1.165) is 0 Å². The number of aromatic carboxylic acids is 1. The van der Waals surface area contributed by atoms with Gasteiger partial charge in [0.05, 0.1) is 16.9 Å². The van der Waals surface area contributed by atoms with Crippen LogP contribution in [0.4, 0.5) is 17.2 Å². The molecule has 6 nitrogen and oxygen atoms in total. The van der Waals surface area contributed by atoms with E-state index < -0.39 is 5.97 Å². The van der Waals surface area contributed by atoms with Crippen molar-refractivity contribution < 1.29 is 9.90 Å². The van der Waals surface area contributed by atoms with Crippen LogP contribution in [-0.2, 0) is 0 Å². The van der Waals surface area contributed by atoms with Crippen molar-refractivity contribution in [2.24, 2.45) is 0 Å². The molecule has 1 heterocycles. The summed E-state index contributed by atoms with van der Waals surface area (Å²) in [6.07, 6.45) is 1.83. The molecule has 19 heavy (non-hydrogen) atoms. The molecule has 6 heteroatoms. The lowest BCUT2D eigenvalue weighted by molar-refractivity contribution is 0.0698. The van der Waals surface area contributed by atoms with Gasteiger partial charge < -0.3 is 16.2 Å². The van der Waals surface area contributed by atoms with Gasteiger partial charge in [-0.2, -0.15) is 5.10 Å². The fourth-order valence-electron chi connectivity index (χ4n) is 1.71. The molecule has 0 unspecified atom stereocenters. The van der Waals surface area contributed by atoms with E-state index in [1.54, 1.807) is 22.9 Å². The Kier molecular flexibility index (Phi) is 3.41. The van der Waals surface area contributed by atoms with E-state index in [1.165, 1.54) is 6.07 Å². The number of hydrogen-bond acceptors (Lipinski definition) is 4. The topological polar surface area (TPSA) is 93.2 Å². The molecule has 0 saturated carbocycles. The average molecular weight is 260 g/mol. The van der Waals surface area contributed by atoms with E-state index in [0.29, 0.717) is 17.2 Å². The first-order valence-corrected chi connectivity index (χ1v) is 5.93. The first-order valence-electron chi connectivity index (χ1n) is 5.93. The zero-order valence-electron chi connectivity index (χ0n) is 10.8. The number of benzene rings is 1. The van der Waals surface area contributed by atoms with Crippen molar-refractivity contribution in [1.29, 1.82) is 0 Å². The third kappa shape index (κ3) is 2.67. The number of nitrogens with two attached hydrogens (primary N) is 1. The third-order valence-electron chi connectivity index (χ3n) is 2.72. The quantitative estimate of drug-likeness (QED) is 0.734. The van der Waals surface area contributed by atoms with Crippen molar-refractivity contribution in [3.63, 3.8) is 0 Å². The van der Waals surface area contributed by atoms with Crippen LogP contribution in [0, 0.1) is 0 Å². The lowest BCUT2D eigenvalue weighted by atomic mass is 10.1. The van der Waals surface area contributed by atoms with Gasteiger partial charge in [0.15, 0.2) is 5.82 Å². The minimum atomic E-state index is -1.03. The molecule has 1 aromatic carbocycles. The Bertz CT molecular complexity index is 604. The van der Waals surface area contributed by atoms with E-state index >= 15 is 0 Å². The summed E-state index contributed by atoms with van der Waals surface area (Å²) in [6.45, 7) is 4.02. The Hall–Kier alpha value is -2.50. The number of carboxylic acid groups (broad SMARTS) is 1. The fraction of sp³-hybridized carbons (Fsp3) is 0.231. The number of carboxylic acids is 1. The summed E-state index contributed by atoms with van der Waals surface area (Å²) in [4.78, 5) is 11.2. The molecule has 0 fully saturated rings. The Morgan fingerprint density at radius 3 is 2.74 bits per heavy atom. The minimum absolute atomic E-state index is 0.124. The molecule has 0 spiro atoms. The number of carbonyl (C=O) groups is 1. The van der Waals surface area contributed by atoms with E-state index in [9.17, 15) is 4.79 Å². The van der Waals surface area contributed by atoms with Crippen molar-refractivity contribution in [2.45, 2.75) is 19.9 Å². The molecule has 2 aromatic rings. The number of rotatable bonds is 4. The van der Waals surface area contributed by atoms with E-state index in [-0.39, 0.29) is 11.6 Å². The molecule has 1 aromatic heterocycles. The zero-order chi connectivity index (χ0) is 14.0. The molecular formula is C13H16N4O2. The lowest BCUT2D eigenvalue weighted by Gasteiger charge is -2.10. The second-order valence-corrected chi connectivity index (χ2v) is 4.47. The molecule has 2 rings (SSSR count). The van der Waals surface area contributed by atoms with Crippen LogP contribution in [0.2, 0.25) is 0 Å². The first kappa shape index (κ1) is 12.9. The SMILES string of the molecule is CC(C)n1ccc(Nc2c(N)cccc2C(=O)O)n1. The maximum atomic E-state index is 11.2. The van der Waals surface area contributed by atoms with Crippen molar-refractivity contribution in [2.75, 3.05) is 11.1 Å². The average Bonchev–Trinajstić information content (AvgIpc) is 2.80. The highest BCUT2D eigenvalue weighted by Crippen LogP contribution is 2.26. The maximum absolute atomic E-state index is 11.2. The van der Waals surface area contributed by atoms with Crippen LogP contribution >= 0.6 is 0 Å². The summed E-state index contributed by atoms with van der Waals surface area (Å²) in [5.41, 5.74) is 6.68. The van der Waals surface area contributed by atoms with Gasteiger partial charge in [-0.15, -0.1) is 0 Å². The highest BCUT2D eigenvalue weighted by atomic mass is 16.4. The summed E-state index contributed by atoms with van der Waals surface area (Å²) in [7, 11) is 0. The van der Waals surface area contributed by atoms with Crippen LogP contribution in [0.5, 0.6) is 0 Å². The maximum Gasteiger partial charge on any atom is 0.337 e. The fourth-order valence-corrected chi connectivity index (χ4v) is 1.71. The predicted octanol–water partition coefficient (Wildman–Crippen LogP) is 2.49. The smallest absolute Gasteiger partial charge is 0.337 e. The standard InChI is InChI=1S/C13H16N4O2/c1-8(2)17-7-6-11(16-17)15-12-9(13(18)19)4-3-5-10(12)14/h3-8H,14H2,1-2H3,(H,15,16)(H,18,19). The molecular weight excluding hydrogens is 244 g/mol. The van der Waals surface area contributed by atoms with Gasteiger partial charge in [-0.25, -0.2) is 4.79 Å². The van der Waals surface area contributed by atoms with Gasteiger partial charge in [0, 0.05) is 18.3 Å². The zero-order valence-corrected chi connectivity index (χ0v) is 10.8. The van der Waals surface area contributed by atoms with E-state index in [1.807, 2.05) is 20.0 Å². The summed E-state index contributed by atoms with van der Waals surface area (Å²) >= 11 is 0. The number of anilines is 3. The minimum Gasteiger partial charge on any atom is -0.478 e. The monoisotopic (exact) mass is 260 g/mol. The molecule has 100 valence electrons. The highest BCUT2D eigenvalue weighted by molar-refractivity contribution is 5.98. The molecule has 0 aliphatic heterocycles. The predicted molar refractivity (Wildman–Crippen MR) is 73.7 cm³/mol. The number of hydrogen-bond donors (Lipinski definition) is 3. The van der Waals surface area contributed by atoms with E-state index in [4.69, 9.17) is 10.8 Å². The van der Waals surface area contributed by atoms with Gasteiger partial charge in [0.25, 0.3) is 0 Å². The number of nitrogen functional groups attached to an aromatic ring is 1. The molecule has 0 aliphatic carbocycles. The Morgan fingerprint density at radius 1 is 1.42 bits per heavy atom. The Balaban J connectivity index is 2.34.